The fourth-order valence-electron chi connectivity index (χ4n) is 1.60. The number of hydrogen-bond donors (Lipinski definition) is 1. The minimum atomic E-state index is 0.759. The van der Waals surface area contributed by atoms with Crippen molar-refractivity contribution in [2.45, 2.75) is 31.6 Å². The fourth-order valence-corrected chi connectivity index (χ4v) is 2.83. The summed E-state index contributed by atoms with van der Waals surface area (Å²) < 4.78 is 0. The molecule has 3 heteroatoms. The molecule has 1 aliphatic heterocycles. The first-order chi connectivity index (χ1) is 6.24. The summed E-state index contributed by atoms with van der Waals surface area (Å²) in [5.41, 5.74) is 0. The van der Waals surface area contributed by atoms with Gasteiger partial charge >= 0.3 is 0 Å². The SMILES string of the molecule is CCN(C)CCNC1CCSC1C. The lowest BCUT2D eigenvalue weighted by molar-refractivity contribution is 0.338. The summed E-state index contributed by atoms with van der Waals surface area (Å²) in [7, 11) is 2.18. The van der Waals surface area contributed by atoms with Crippen molar-refractivity contribution in [3.63, 3.8) is 0 Å². The average molecular weight is 202 g/mol. The average Bonchev–Trinajstić information content (AvgIpc) is 2.52. The third-order valence-corrected chi connectivity index (χ3v) is 4.14. The van der Waals surface area contributed by atoms with Crippen molar-refractivity contribution >= 4 is 11.8 Å². The molecule has 1 saturated heterocycles. The van der Waals surface area contributed by atoms with Crippen LogP contribution in [0.2, 0.25) is 0 Å². The number of rotatable bonds is 5. The predicted molar refractivity (Wildman–Crippen MR) is 61.5 cm³/mol. The summed E-state index contributed by atoms with van der Waals surface area (Å²) in [6.45, 7) is 7.99. The number of likely N-dealkylation sites (N-methyl/N-ethyl adjacent to an activating group) is 1. The first-order valence-corrected chi connectivity index (χ1v) is 6.32. The van der Waals surface area contributed by atoms with Gasteiger partial charge in [-0.15, -0.1) is 0 Å². The van der Waals surface area contributed by atoms with Crippen LogP contribution in [0, 0.1) is 0 Å². The Kier molecular flexibility index (Phi) is 5.14. The molecule has 78 valence electrons. The number of hydrogen-bond acceptors (Lipinski definition) is 3. The van der Waals surface area contributed by atoms with Crippen LogP contribution in [0.1, 0.15) is 20.3 Å². The van der Waals surface area contributed by atoms with Gasteiger partial charge in [-0.1, -0.05) is 13.8 Å². The molecule has 2 atom stereocenters. The summed E-state index contributed by atoms with van der Waals surface area (Å²) in [4.78, 5) is 2.35. The lowest BCUT2D eigenvalue weighted by Crippen LogP contribution is -2.38. The highest BCUT2D eigenvalue weighted by atomic mass is 32.2. The summed E-state index contributed by atoms with van der Waals surface area (Å²) in [5.74, 6) is 1.34. The third-order valence-electron chi connectivity index (χ3n) is 2.82. The van der Waals surface area contributed by atoms with Crippen LogP contribution in [0.5, 0.6) is 0 Å². The lowest BCUT2D eigenvalue weighted by Gasteiger charge is -2.19. The summed E-state index contributed by atoms with van der Waals surface area (Å²) in [6.07, 6.45) is 1.35. The first kappa shape index (κ1) is 11.3. The van der Waals surface area contributed by atoms with E-state index in [1.807, 2.05) is 0 Å². The van der Waals surface area contributed by atoms with Gasteiger partial charge in [-0.05, 0) is 25.8 Å². The van der Waals surface area contributed by atoms with E-state index in [1.165, 1.54) is 18.7 Å². The van der Waals surface area contributed by atoms with Crippen molar-refractivity contribution in [1.29, 1.82) is 0 Å². The smallest absolute Gasteiger partial charge is 0.0192 e. The van der Waals surface area contributed by atoms with Crippen molar-refractivity contribution in [1.82, 2.24) is 10.2 Å². The van der Waals surface area contributed by atoms with Crippen molar-refractivity contribution in [3.05, 3.63) is 0 Å². The Hall–Kier alpha value is 0.270. The van der Waals surface area contributed by atoms with E-state index >= 15 is 0 Å². The van der Waals surface area contributed by atoms with Gasteiger partial charge in [0.15, 0.2) is 0 Å². The maximum absolute atomic E-state index is 3.63. The van der Waals surface area contributed by atoms with Crippen LogP contribution in [0.4, 0.5) is 0 Å². The molecule has 0 radical (unpaired) electrons. The highest BCUT2D eigenvalue weighted by molar-refractivity contribution is 8.00. The second-order valence-corrected chi connectivity index (χ2v) is 5.31. The van der Waals surface area contributed by atoms with Gasteiger partial charge in [0.05, 0.1) is 0 Å². The lowest BCUT2D eigenvalue weighted by atomic mass is 10.2. The second-order valence-electron chi connectivity index (χ2n) is 3.82. The van der Waals surface area contributed by atoms with Crippen LogP contribution >= 0.6 is 11.8 Å². The Morgan fingerprint density at radius 3 is 2.85 bits per heavy atom. The predicted octanol–water partition coefficient (Wildman–Crippen LogP) is 1.42. The highest BCUT2D eigenvalue weighted by Crippen LogP contribution is 2.25. The van der Waals surface area contributed by atoms with E-state index in [-0.39, 0.29) is 0 Å². The topological polar surface area (TPSA) is 15.3 Å². The van der Waals surface area contributed by atoms with Crippen molar-refractivity contribution in [2.24, 2.45) is 0 Å². The molecule has 0 amide bonds. The van der Waals surface area contributed by atoms with E-state index in [4.69, 9.17) is 0 Å². The summed E-state index contributed by atoms with van der Waals surface area (Å²) in [5, 5.41) is 4.45. The molecule has 1 N–H and O–H groups in total. The monoisotopic (exact) mass is 202 g/mol. The quantitative estimate of drug-likeness (QED) is 0.726. The van der Waals surface area contributed by atoms with Crippen LogP contribution in [-0.2, 0) is 0 Å². The zero-order valence-electron chi connectivity index (χ0n) is 9.05. The summed E-state index contributed by atoms with van der Waals surface area (Å²) in [6, 6.07) is 0.759. The Balaban J connectivity index is 2.05. The van der Waals surface area contributed by atoms with Crippen LogP contribution in [0.15, 0.2) is 0 Å². The van der Waals surface area contributed by atoms with Gasteiger partial charge in [0.2, 0.25) is 0 Å². The van der Waals surface area contributed by atoms with E-state index in [2.05, 4.69) is 42.9 Å². The molecular formula is C10H22N2S. The molecule has 1 rings (SSSR count). The standard InChI is InChI=1S/C10H22N2S/c1-4-12(3)7-6-11-10-5-8-13-9(10)2/h9-11H,4-8H2,1-3H3. The van der Waals surface area contributed by atoms with E-state index in [0.29, 0.717) is 0 Å². The zero-order valence-corrected chi connectivity index (χ0v) is 9.86. The van der Waals surface area contributed by atoms with Crippen LogP contribution in [-0.4, -0.2) is 48.6 Å². The fraction of sp³-hybridized carbons (Fsp3) is 1.00. The van der Waals surface area contributed by atoms with E-state index in [0.717, 1.165) is 24.4 Å². The molecule has 0 aliphatic carbocycles. The molecule has 1 fully saturated rings. The van der Waals surface area contributed by atoms with Gasteiger partial charge in [0.1, 0.15) is 0 Å². The molecule has 0 bridgehead atoms. The van der Waals surface area contributed by atoms with E-state index in [1.54, 1.807) is 0 Å². The molecule has 0 aromatic carbocycles. The molecule has 1 heterocycles. The molecule has 1 aliphatic rings. The van der Waals surface area contributed by atoms with Gasteiger partial charge in [-0.25, -0.2) is 0 Å². The van der Waals surface area contributed by atoms with Crippen molar-refractivity contribution in [2.75, 3.05) is 32.4 Å². The number of thioether (sulfide) groups is 1. The van der Waals surface area contributed by atoms with Gasteiger partial charge in [-0.2, -0.15) is 11.8 Å². The minimum absolute atomic E-state index is 0.759. The van der Waals surface area contributed by atoms with Gasteiger partial charge in [0, 0.05) is 24.4 Å². The maximum Gasteiger partial charge on any atom is 0.0192 e. The largest absolute Gasteiger partial charge is 0.312 e. The van der Waals surface area contributed by atoms with E-state index < -0.39 is 0 Å². The van der Waals surface area contributed by atoms with Gasteiger partial charge < -0.3 is 10.2 Å². The molecule has 0 aromatic rings. The van der Waals surface area contributed by atoms with E-state index in [9.17, 15) is 0 Å². The molecule has 0 spiro atoms. The minimum Gasteiger partial charge on any atom is -0.312 e. The second kappa shape index (κ2) is 5.89. The normalized spacial score (nSPS) is 28.6. The first-order valence-electron chi connectivity index (χ1n) is 5.27. The zero-order chi connectivity index (χ0) is 9.68. The van der Waals surface area contributed by atoms with Crippen LogP contribution < -0.4 is 5.32 Å². The molecule has 0 aromatic heterocycles. The van der Waals surface area contributed by atoms with Gasteiger partial charge in [-0.3, -0.25) is 0 Å². The molecular weight excluding hydrogens is 180 g/mol. The number of nitrogens with zero attached hydrogens (tertiary/aromatic N) is 1. The highest BCUT2D eigenvalue weighted by Gasteiger charge is 2.22. The number of nitrogens with one attached hydrogen (secondary N) is 1. The molecule has 0 saturated carbocycles. The summed E-state index contributed by atoms with van der Waals surface area (Å²) >= 11 is 2.09. The van der Waals surface area contributed by atoms with Crippen molar-refractivity contribution < 1.29 is 0 Å². The van der Waals surface area contributed by atoms with Crippen molar-refractivity contribution in [3.8, 4) is 0 Å². The Morgan fingerprint density at radius 1 is 1.54 bits per heavy atom. The molecule has 2 nitrogen and oxygen atoms in total. The van der Waals surface area contributed by atoms with Crippen LogP contribution in [0.3, 0.4) is 0 Å². The Morgan fingerprint density at radius 2 is 2.31 bits per heavy atom. The maximum atomic E-state index is 3.63. The van der Waals surface area contributed by atoms with Gasteiger partial charge in [0.25, 0.3) is 0 Å². The molecule has 13 heavy (non-hydrogen) atoms. The molecule has 2 unspecified atom stereocenters. The third kappa shape index (κ3) is 3.88. The Labute approximate surface area is 86.5 Å². The van der Waals surface area contributed by atoms with Crippen LogP contribution in [0.25, 0.3) is 0 Å². The Bertz CT molecular complexity index is 141.